The van der Waals surface area contributed by atoms with Gasteiger partial charge in [0.1, 0.15) is 89.3 Å². The largest absolute Gasteiger partial charge is 0.507 e. The summed E-state index contributed by atoms with van der Waals surface area (Å²) in [5, 5.41) is 123. The first-order valence-electron chi connectivity index (χ1n) is 16.4. The molecule has 4 heterocycles. The van der Waals surface area contributed by atoms with Gasteiger partial charge >= 0.3 is 0 Å². The number of phenols is 2. The quantitative estimate of drug-likeness (QED) is 0.0992. The van der Waals surface area contributed by atoms with Crippen LogP contribution in [0, 0.1) is 0 Å². The molecule has 6 rings (SSSR count). The van der Waals surface area contributed by atoms with Gasteiger partial charge in [0, 0.05) is 23.8 Å². The minimum atomic E-state index is -1.83. The molecule has 20 heteroatoms. The molecular weight excluding hydrogens is 716 g/mol. The lowest BCUT2D eigenvalue weighted by molar-refractivity contribution is -0.354. The topological polar surface area (TPSA) is 328 Å². The molecule has 12 N–H and O–H groups in total. The zero-order chi connectivity index (χ0) is 38.5. The number of hydrogen-bond donors (Lipinski definition) is 12. The monoisotopic (exact) mass is 756 g/mol. The molecule has 0 amide bonds. The van der Waals surface area contributed by atoms with Crippen LogP contribution >= 0.6 is 0 Å². The van der Waals surface area contributed by atoms with Crippen LogP contribution in [0.25, 0.3) is 22.3 Å². The molecule has 0 aliphatic carbocycles. The lowest BCUT2D eigenvalue weighted by Crippen LogP contribution is -2.64. The zero-order valence-corrected chi connectivity index (χ0v) is 27.7. The summed E-state index contributed by atoms with van der Waals surface area (Å²) < 4.78 is 39.3. The number of rotatable bonds is 9. The number of aliphatic hydroxyl groups excluding tert-OH is 10. The van der Waals surface area contributed by atoms with Crippen LogP contribution < -0.4 is 14.9 Å². The van der Waals surface area contributed by atoms with Gasteiger partial charge in [0.15, 0.2) is 29.3 Å². The molecule has 1 aromatic heterocycles. The van der Waals surface area contributed by atoms with Gasteiger partial charge in [0.2, 0.25) is 12.6 Å². The van der Waals surface area contributed by atoms with Gasteiger partial charge in [-0.3, -0.25) is 4.79 Å². The summed E-state index contributed by atoms with van der Waals surface area (Å²) in [5.74, 6) is -1.77. The Morgan fingerprint density at radius 2 is 1.26 bits per heavy atom. The lowest BCUT2D eigenvalue weighted by atomic mass is 9.97. The second-order valence-electron chi connectivity index (χ2n) is 12.9. The molecule has 3 saturated heterocycles. The maximum absolute atomic E-state index is 13.1. The molecule has 0 bridgehead atoms. The molecule has 3 aliphatic rings. The average molecular weight is 757 g/mol. The van der Waals surface area contributed by atoms with Crippen LogP contribution in [-0.2, 0) is 18.9 Å². The first kappa shape index (κ1) is 39.0. The minimum Gasteiger partial charge on any atom is -0.507 e. The van der Waals surface area contributed by atoms with Crippen molar-refractivity contribution in [3.63, 3.8) is 0 Å². The number of benzene rings is 2. The van der Waals surface area contributed by atoms with E-state index in [4.69, 9.17) is 32.8 Å². The second-order valence-corrected chi connectivity index (χ2v) is 12.9. The van der Waals surface area contributed by atoms with Crippen molar-refractivity contribution >= 4 is 11.0 Å². The summed E-state index contributed by atoms with van der Waals surface area (Å²) in [6, 6.07) is 6.89. The molecule has 15 unspecified atom stereocenters. The molecule has 0 radical (unpaired) electrons. The van der Waals surface area contributed by atoms with Crippen molar-refractivity contribution in [2.24, 2.45) is 0 Å². The van der Waals surface area contributed by atoms with Crippen LogP contribution in [0.15, 0.2) is 45.6 Å². The van der Waals surface area contributed by atoms with Gasteiger partial charge in [-0.25, -0.2) is 0 Å². The van der Waals surface area contributed by atoms with E-state index in [9.17, 15) is 66.1 Å². The van der Waals surface area contributed by atoms with E-state index < -0.39 is 122 Å². The number of aromatic hydroxyl groups is 2. The van der Waals surface area contributed by atoms with Crippen LogP contribution in [0.1, 0.15) is 6.92 Å². The highest BCUT2D eigenvalue weighted by Gasteiger charge is 2.51. The zero-order valence-electron chi connectivity index (χ0n) is 27.7. The molecule has 0 saturated carbocycles. The number of aliphatic hydroxyl groups is 10. The number of ether oxygens (including phenoxy) is 6. The van der Waals surface area contributed by atoms with Gasteiger partial charge in [-0.2, -0.15) is 0 Å². The SMILES string of the molecule is CC1OC(OC2C(Oc3cc(O)c4c(=O)cc(-c5ccc(OC6OC(CO)C(O)C(O)C6O)c(O)c5)oc4c3)OC(CO)C(O)C2O)C(O)C(O)C1O. The van der Waals surface area contributed by atoms with Crippen molar-refractivity contribution < 1.29 is 94.1 Å². The van der Waals surface area contributed by atoms with E-state index >= 15 is 0 Å². The summed E-state index contributed by atoms with van der Waals surface area (Å²) in [6.07, 6.45) is -24.0. The summed E-state index contributed by atoms with van der Waals surface area (Å²) in [7, 11) is 0. The normalized spacial score (nSPS) is 37.8. The maximum atomic E-state index is 13.1. The van der Waals surface area contributed by atoms with E-state index in [-0.39, 0.29) is 33.8 Å². The van der Waals surface area contributed by atoms with Crippen molar-refractivity contribution in [3.8, 4) is 34.3 Å². The Morgan fingerprint density at radius 1 is 0.642 bits per heavy atom. The Kier molecular flexibility index (Phi) is 11.5. The third-order valence-electron chi connectivity index (χ3n) is 9.29. The fourth-order valence-corrected chi connectivity index (χ4v) is 6.22. The van der Waals surface area contributed by atoms with Crippen LogP contribution in [0.5, 0.6) is 23.0 Å². The summed E-state index contributed by atoms with van der Waals surface area (Å²) in [4.78, 5) is 13.1. The number of fused-ring (bicyclic) bond motifs is 1. The molecule has 53 heavy (non-hydrogen) atoms. The van der Waals surface area contributed by atoms with Gasteiger partial charge < -0.3 is 94.1 Å². The van der Waals surface area contributed by atoms with Gasteiger partial charge in [-0.15, -0.1) is 0 Å². The smallest absolute Gasteiger partial charge is 0.229 e. The fraction of sp³-hybridized carbons (Fsp3) is 0.545. The molecule has 0 spiro atoms. The molecule has 15 atom stereocenters. The van der Waals surface area contributed by atoms with E-state index in [1.165, 1.54) is 19.1 Å². The van der Waals surface area contributed by atoms with E-state index in [1.807, 2.05) is 0 Å². The highest BCUT2D eigenvalue weighted by Crippen LogP contribution is 2.37. The first-order valence-corrected chi connectivity index (χ1v) is 16.4. The Labute approximate surface area is 298 Å². The highest BCUT2D eigenvalue weighted by atomic mass is 16.8. The minimum absolute atomic E-state index is 0.119. The number of phenolic OH excluding ortho intramolecular Hbond substituents is 2. The summed E-state index contributed by atoms with van der Waals surface area (Å²) in [5.41, 5.74) is -0.847. The molecular formula is C33H40O20. The molecule has 3 fully saturated rings. The standard InChI is InChI=1S/C33H40O20/c1-10-22(39)25(42)28(45)31(47-10)53-30-27(44)24(41)20(9-35)52-33(30)48-12-5-14(37)21-15(38)7-17(49-18(21)6-12)11-2-3-16(13(36)4-11)50-32-29(46)26(43)23(40)19(8-34)51-32/h2-7,10,19-20,22-37,39-46H,8-9H2,1H3. The predicted octanol–water partition coefficient (Wildman–Crippen LogP) is -3.92. The highest BCUT2D eigenvalue weighted by molar-refractivity contribution is 5.86. The van der Waals surface area contributed by atoms with Crippen molar-refractivity contribution in [1.29, 1.82) is 0 Å². The van der Waals surface area contributed by atoms with Crippen LogP contribution in [-0.4, -0.2) is 167 Å². The molecule has 2 aromatic carbocycles. The fourth-order valence-electron chi connectivity index (χ4n) is 6.22. The van der Waals surface area contributed by atoms with Gasteiger partial charge in [0.25, 0.3) is 0 Å². The summed E-state index contributed by atoms with van der Waals surface area (Å²) >= 11 is 0. The second kappa shape index (κ2) is 15.6. The van der Waals surface area contributed by atoms with E-state index in [1.54, 1.807) is 0 Å². The maximum Gasteiger partial charge on any atom is 0.229 e. The predicted molar refractivity (Wildman–Crippen MR) is 171 cm³/mol. The number of hydrogen-bond acceptors (Lipinski definition) is 20. The van der Waals surface area contributed by atoms with Crippen molar-refractivity contribution in [2.75, 3.05) is 13.2 Å². The van der Waals surface area contributed by atoms with E-state index in [0.717, 1.165) is 24.3 Å². The molecule has 292 valence electrons. The lowest BCUT2D eigenvalue weighted by Gasteiger charge is -2.45. The Morgan fingerprint density at radius 3 is 1.92 bits per heavy atom. The van der Waals surface area contributed by atoms with Crippen LogP contribution in [0.2, 0.25) is 0 Å². The van der Waals surface area contributed by atoms with E-state index in [2.05, 4.69) is 0 Å². The third-order valence-corrected chi connectivity index (χ3v) is 9.29. The van der Waals surface area contributed by atoms with Gasteiger partial charge in [0.05, 0.1) is 19.3 Å². The van der Waals surface area contributed by atoms with Crippen LogP contribution in [0.3, 0.4) is 0 Å². The Balaban J connectivity index is 1.26. The molecule has 3 aromatic rings. The molecule has 20 nitrogen and oxygen atoms in total. The van der Waals surface area contributed by atoms with Crippen molar-refractivity contribution in [1.82, 2.24) is 0 Å². The Hall–Kier alpha value is -3.71. The van der Waals surface area contributed by atoms with Crippen molar-refractivity contribution in [2.45, 2.75) is 99.0 Å². The van der Waals surface area contributed by atoms with Gasteiger partial charge in [-0.05, 0) is 25.1 Å². The average Bonchev–Trinajstić information content (AvgIpc) is 3.12. The van der Waals surface area contributed by atoms with Gasteiger partial charge in [-0.1, -0.05) is 0 Å². The van der Waals surface area contributed by atoms with Crippen molar-refractivity contribution in [3.05, 3.63) is 46.6 Å². The van der Waals surface area contributed by atoms with E-state index in [0.29, 0.717) is 0 Å². The summed E-state index contributed by atoms with van der Waals surface area (Å²) in [6.45, 7) is -0.0943. The first-order chi connectivity index (χ1) is 25.1. The Bertz CT molecular complexity index is 1800. The third kappa shape index (κ3) is 7.52. The van der Waals surface area contributed by atoms with Crippen LogP contribution in [0.4, 0.5) is 0 Å². The molecule has 3 aliphatic heterocycles.